The fourth-order valence-corrected chi connectivity index (χ4v) is 3.57. The summed E-state index contributed by atoms with van der Waals surface area (Å²) < 4.78 is 7.16. The molecule has 0 unspecified atom stereocenters. The third kappa shape index (κ3) is 4.17. The molecular formula is C22H23N3O5. The Bertz CT molecular complexity index is 1120. The van der Waals surface area contributed by atoms with E-state index < -0.39 is 24.3 Å². The molecule has 0 aliphatic carbocycles. The predicted octanol–water partition coefficient (Wildman–Crippen LogP) is 2.32. The number of hydrogen-bond acceptors (Lipinski definition) is 5. The number of ketones is 1. The molecule has 8 heteroatoms. The van der Waals surface area contributed by atoms with Crippen LogP contribution in [0, 0.1) is 6.92 Å². The van der Waals surface area contributed by atoms with Crippen molar-refractivity contribution in [1.29, 1.82) is 0 Å². The van der Waals surface area contributed by atoms with Crippen molar-refractivity contribution in [1.82, 2.24) is 9.38 Å². The number of primary amides is 1. The van der Waals surface area contributed by atoms with Gasteiger partial charge < -0.3 is 20.0 Å². The maximum Gasteiger partial charge on any atom is 0.341 e. The molecule has 0 saturated heterocycles. The number of Topliss-reactive ketones (excluding diaryl/α,β-unsaturated/α-hetero) is 1. The fourth-order valence-electron chi connectivity index (χ4n) is 3.57. The van der Waals surface area contributed by atoms with Crippen molar-refractivity contribution in [3.8, 4) is 5.88 Å². The fraction of sp³-hybridized carbons (Fsp3) is 0.273. The van der Waals surface area contributed by atoms with E-state index >= 15 is 0 Å². The molecule has 0 aliphatic heterocycles. The van der Waals surface area contributed by atoms with Crippen molar-refractivity contribution >= 4 is 23.2 Å². The van der Waals surface area contributed by atoms with Gasteiger partial charge in [-0.1, -0.05) is 43.7 Å². The number of nitrogens with two attached hydrogens (primary N) is 1. The molecule has 0 radical (unpaired) electrons. The average Bonchev–Trinajstić information content (AvgIpc) is 2.99. The Labute approximate surface area is 173 Å². The van der Waals surface area contributed by atoms with E-state index in [1.165, 1.54) is 0 Å². The molecule has 0 bridgehead atoms. The van der Waals surface area contributed by atoms with Crippen molar-refractivity contribution < 1.29 is 24.2 Å². The lowest BCUT2D eigenvalue weighted by Crippen LogP contribution is -2.24. The van der Waals surface area contributed by atoms with Gasteiger partial charge in [-0.05, 0) is 24.5 Å². The van der Waals surface area contributed by atoms with E-state index in [2.05, 4.69) is 4.98 Å². The third-order valence-corrected chi connectivity index (χ3v) is 4.71. The monoisotopic (exact) mass is 409 g/mol. The zero-order valence-corrected chi connectivity index (χ0v) is 16.8. The predicted molar refractivity (Wildman–Crippen MR) is 110 cm³/mol. The Morgan fingerprint density at radius 1 is 1.20 bits per heavy atom. The number of benzene rings is 1. The van der Waals surface area contributed by atoms with Gasteiger partial charge in [0.2, 0.25) is 5.88 Å². The summed E-state index contributed by atoms with van der Waals surface area (Å²) in [7, 11) is 0. The molecule has 3 rings (SSSR count). The standard InChI is InChI=1S/C22H23N3O5/c1-3-7-15-16(10-14-8-5-4-6-9-14)25-11-13(2)24-22(30-12-17(26)27)19(25)18(15)20(28)21(23)29/h4-6,8-9,11H,3,7,10,12H2,1-2H3,(H2,23,29)(H,26,27). The first kappa shape index (κ1) is 21.0. The van der Waals surface area contributed by atoms with E-state index in [1.54, 1.807) is 17.5 Å². The van der Waals surface area contributed by atoms with E-state index in [0.717, 1.165) is 17.7 Å². The Balaban J connectivity index is 2.34. The summed E-state index contributed by atoms with van der Waals surface area (Å²) in [5, 5.41) is 9.02. The lowest BCUT2D eigenvalue weighted by molar-refractivity contribution is -0.139. The summed E-state index contributed by atoms with van der Waals surface area (Å²) in [5.41, 5.74) is 8.83. The van der Waals surface area contributed by atoms with Gasteiger partial charge >= 0.3 is 5.97 Å². The number of carbonyl (C=O) groups excluding carboxylic acids is 2. The zero-order valence-electron chi connectivity index (χ0n) is 16.8. The number of aryl methyl sites for hydroxylation is 1. The van der Waals surface area contributed by atoms with Gasteiger partial charge in [0.1, 0.15) is 5.52 Å². The van der Waals surface area contributed by atoms with Crippen LogP contribution in [0.4, 0.5) is 0 Å². The van der Waals surface area contributed by atoms with Crippen molar-refractivity contribution in [2.75, 3.05) is 6.61 Å². The van der Waals surface area contributed by atoms with E-state index in [-0.39, 0.29) is 17.0 Å². The van der Waals surface area contributed by atoms with Gasteiger partial charge in [0.25, 0.3) is 11.7 Å². The number of fused-ring (bicyclic) bond motifs is 1. The highest BCUT2D eigenvalue weighted by Crippen LogP contribution is 2.33. The van der Waals surface area contributed by atoms with Gasteiger partial charge in [0.15, 0.2) is 6.61 Å². The van der Waals surface area contributed by atoms with Crippen LogP contribution in [0.5, 0.6) is 5.88 Å². The Kier molecular flexibility index (Phi) is 6.15. The molecular weight excluding hydrogens is 386 g/mol. The lowest BCUT2D eigenvalue weighted by atomic mass is 9.98. The smallest absolute Gasteiger partial charge is 0.341 e. The number of amides is 1. The minimum absolute atomic E-state index is 0.0151. The number of carboxylic acids is 1. The molecule has 0 spiro atoms. The molecule has 30 heavy (non-hydrogen) atoms. The molecule has 156 valence electrons. The molecule has 0 atom stereocenters. The van der Waals surface area contributed by atoms with Crippen LogP contribution >= 0.6 is 0 Å². The van der Waals surface area contributed by atoms with Crippen LogP contribution in [0.2, 0.25) is 0 Å². The average molecular weight is 409 g/mol. The highest BCUT2D eigenvalue weighted by Gasteiger charge is 2.29. The van der Waals surface area contributed by atoms with Crippen LogP contribution in [0.15, 0.2) is 36.5 Å². The number of hydrogen-bond donors (Lipinski definition) is 2. The number of aromatic nitrogens is 2. The first-order valence-electron chi connectivity index (χ1n) is 9.59. The first-order valence-corrected chi connectivity index (χ1v) is 9.59. The molecule has 1 aromatic carbocycles. The number of nitrogens with zero attached hydrogens (tertiary/aromatic N) is 2. The molecule has 1 amide bonds. The van der Waals surface area contributed by atoms with E-state index in [1.807, 2.05) is 37.3 Å². The summed E-state index contributed by atoms with van der Waals surface area (Å²) in [6.45, 7) is 3.09. The third-order valence-electron chi connectivity index (χ3n) is 4.71. The first-order chi connectivity index (χ1) is 14.3. The molecule has 8 nitrogen and oxygen atoms in total. The second kappa shape index (κ2) is 8.77. The molecule has 3 aromatic rings. The summed E-state index contributed by atoms with van der Waals surface area (Å²) in [6, 6.07) is 9.71. The minimum atomic E-state index is -1.18. The number of aliphatic carboxylic acids is 1. The molecule has 0 fully saturated rings. The van der Waals surface area contributed by atoms with Crippen molar-refractivity contribution in [2.24, 2.45) is 5.73 Å². The summed E-state index contributed by atoms with van der Waals surface area (Å²) in [6.07, 6.45) is 3.52. The van der Waals surface area contributed by atoms with E-state index in [9.17, 15) is 14.4 Å². The molecule has 0 saturated carbocycles. The van der Waals surface area contributed by atoms with E-state index in [4.69, 9.17) is 15.6 Å². The Morgan fingerprint density at radius 2 is 1.90 bits per heavy atom. The lowest BCUT2D eigenvalue weighted by Gasteiger charge is -2.10. The number of rotatable bonds is 9. The van der Waals surface area contributed by atoms with Crippen LogP contribution in [-0.4, -0.2) is 38.8 Å². The van der Waals surface area contributed by atoms with Gasteiger partial charge in [-0.25, -0.2) is 9.78 Å². The Morgan fingerprint density at radius 3 is 2.50 bits per heavy atom. The zero-order chi connectivity index (χ0) is 21.8. The van der Waals surface area contributed by atoms with Gasteiger partial charge in [-0.2, -0.15) is 0 Å². The van der Waals surface area contributed by atoms with Gasteiger partial charge in [0, 0.05) is 18.3 Å². The summed E-state index contributed by atoms with van der Waals surface area (Å²) >= 11 is 0. The normalized spacial score (nSPS) is 10.9. The Hall–Kier alpha value is -3.68. The maximum atomic E-state index is 12.8. The topological polar surface area (TPSA) is 124 Å². The molecule has 2 heterocycles. The van der Waals surface area contributed by atoms with E-state index in [0.29, 0.717) is 24.1 Å². The molecule has 2 aromatic heterocycles. The minimum Gasteiger partial charge on any atom is -0.479 e. The summed E-state index contributed by atoms with van der Waals surface area (Å²) in [4.78, 5) is 39.9. The van der Waals surface area contributed by atoms with Crippen LogP contribution < -0.4 is 10.5 Å². The molecule has 0 aliphatic rings. The van der Waals surface area contributed by atoms with Crippen molar-refractivity contribution in [3.63, 3.8) is 0 Å². The van der Waals surface area contributed by atoms with Crippen molar-refractivity contribution in [3.05, 3.63) is 64.6 Å². The van der Waals surface area contributed by atoms with Gasteiger partial charge in [0.05, 0.1) is 11.3 Å². The number of carboxylic acid groups (broad SMARTS) is 1. The largest absolute Gasteiger partial charge is 0.479 e. The van der Waals surface area contributed by atoms with Crippen LogP contribution in [0.25, 0.3) is 5.52 Å². The van der Waals surface area contributed by atoms with Crippen LogP contribution in [0.1, 0.15) is 46.2 Å². The number of ether oxygens (including phenoxy) is 1. The van der Waals surface area contributed by atoms with Crippen LogP contribution in [-0.2, 0) is 22.4 Å². The summed E-state index contributed by atoms with van der Waals surface area (Å²) in [5.74, 6) is -3.13. The van der Waals surface area contributed by atoms with Gasteiger partial charge in [-0.3, -0.25) is 9.59 Å². The quantitative estimate of drug-likeness (QED) is 0.413. The second-order valence-corrected chi connectivity index (χ2v) is 6.99. The van der Waals surface area contributed by atoms with Gasteiger partial charge in [-0.15, -0.1) is 0 Å². The SMILES string of the molecule is CCCc1c(C(=O)C(N)=O)c2c(OCC(=O)O)nc(C)cn2c1Cc1ccccc1. The highest BCUT2D eigenvalue weighted by atomic mass is 16.5. The highest BCUT2D eigenvalue weighted by molar-refractivity contribution is 6.44. The second-order valence-electron chi connectivity index (χ2n) is 6.99. The number of carbonyl (C=O) groups is 3. The van der Waals surface area contributed by atoms with Crippen molar-refractivity contribution in [2.45, 2.75) is 33.1 Å². The maximum absolute atomic E-state index is 12.8. The van der Waals surface area contributed by atoms with Crippen LogP contribution in [0.3, 0.4) is 0 Å². The molecule has 3 N–H and O–H groups in total.